The van der Waals surface area contributed by atoms with Gasteiger partial charge in [-0.2, -0.15) is 0 Å². The number of benzene rings is 1. The molecular weight excluding hydrogens is 506 g/mol. The van der Waals surface area contributed by atoms with Gasteiger partial charge in [0.25, 0.3) is 0 Å². The van der Waals surface area contributed by atoms with Crippen LogP contribution in [0.4, 0.5) is 0 Å². The van der Waals surface area contributed by atoms with E-state index in [9.17, 15) is 14.4 Å². The third kappa shape index (κ3) is 4.06. The molecule has 1 aliphatic rings. The molecule has 6 rings (SSSR count). The minimum Gasteiger partial charge on any atom is -0.341 e. The maximum absolute atomic E-state index is 13.4. The van der Waals surface area contributed by atoms with Crippen molar-refractivity contribution in [1.29, 1.82) is 0 Å². The van der Waals surface area contributed by atoms with Crippen LogP contribution in [0, 0.1) is 0 Å². The number of hydrogen-bond donors (Lipinski definition) is 1. The van der Waals surface area contributed by atoms with E-state index in [2.05, 4.69) is 19.9 Å². The van der Waals surface area contributed by atoms with E-state index in [0.717, 1.165) is 11.1 Å². The van der Waals surface area contributed by atoms with Gasteiger partial charge in [0.15, 0.2) is 11.4 Å². The van der Waals surface area contributed by atoms with Crippen molar-refractivity contribution < 1.29 is 9.59 Å². The van der Waals surface area contributed by atoms with E-state index >= 15 is 0 Å². The summed E-state index contributed by atoms with van der Waals surface area (Å²) in [7, 11) is 0. The van der Waals surface area contributed by atoms with Crippen LogP contribution in [-0.2, 0) is 11.3 Å². The molecule has 5 aromatic rings. The summed E-state index contributed by atoms with van der Waals surface area (Å²) in [5.41, 5.74) is 3.38. The number of carbonyl (C=O) groups is 2. The van der Waals surface area contributed by atoms with E-state index in [1.54, 1.807) is 21.4 Å². The summed E-state index contributed by atoms with van der Waals surface area (Å²) in [4.78, 5) is 55.9. The van der Waals surface area contributed by atoms with Gasteiger partial charge in [-0.05, 0) is 31.0 Å². The number of nitrogens with one attached hydrogen (secondary N) is 1. The van der Waals surface area contributed by atoms with Gasteiger partial charge < -0.3 is 9.47 Å². The Balaban J connectivity index is 1.27. The molecule has 0 atom stereocenters. The normalized spacial score (nSPS) is 14.4. The molecule has 0 spiro atoms. The van der Waals surface area contributed by atoms with E-state index in [1.807, 2.05) is 41.4 Å². The Hall–Kier alpha value is -4.31. The second-order valence-electron chi connectivity index (χ2n) is 9.41. The predicted molar refractivity (Wildman–Crippen MR) is 143 cm³/mol. The minimum atomic E-state index is -0.195. The number of carbonyl (C=O) groups excluding carboxylic acids is 2. The van der Waals surface area contributed by atoms with Crippen LogP contribution in [0.5, 0.6) is 0 Å². The van der Waals surface area contributed by atoms with E-state index in [4.69, 9.17) is 11.6 Å². The Bertz CT molecular complexity index is 1760. The van der Waals surface area contributed by atoms with Crippen LogP contribution in [0.25, 0.3) is 33.3 Å². The third-order valence-corrected chi connectivity index (χ3v) is 7.46. The molecule has 1 N–H and O–H groups in total. The van der Waals surface area contributed by atoms with Crippen molar-refractivity contribution in [1.82, 2.24) is 34.0 Å². The fourth-order valence-electron chi connectivity index (χ4n) is 5.34. The zero-order valence-corrected chi connectivity index (χ0v) is 21.4. The smallest absolute Gasteiger partial charge is 0.327 e. The Morgan fingerprint density at radius 3 is 2.61 bits per heavy atom. The molecule has 4 aromatic heterocycles. The molecule has 5 heterocycles. The Labute approximate surface area is 221 Å². The second-order valence-corrected chi connectivity index (χ2v) is 9.82. The Morgan fingerprint density at radius 2 is 1.84 bits per heavy atom. The number of piperidine rings is 1. The topological polar surface area (TPSA) is 119 Å². The summed E-state index contributed by atoms with van der Waals surface area (Å²) in [6, 6.07) is 11.0. The highest BCUT2D eigenvalue weighted by Crippen LogP contribution is 2.36. The molecule has 0 aliphatic carbocycles. The maximum Gasteiger partial charge on any atom is 0.327 e. The SMILES string of the molecule is CC(=O)c1ncnc2c1c(-c1ccccc1Cl)cn2CC(=O)N1CCC(n2c(=O)[nH]c3ncccc32)CC1. The Morgan fingerprint density at radius 1 is 1.05 bits per heavy atom. The van der Waals surface area contributed by atoms with Gasteiger partial charge in [-0.1, -0.05) is 29.8 Å². The summed E-state index contributed by atoms with van der Waals surface area (Å²) in [5.74, 6) is -0.262. The van der Waals surface area contributed by atoms with Crippen molar-refractivity contribution in [3.8, 4) is 11.1 Å². The second kappa shape index (κ2) is 9.53. The van der Waals surface area contributed by atoms with Crippen molar-refractivity contribution in [2.75, 3.05) is 13.1 Å². The van der Waals surface area contributed by atoms with Crippen LogP contribution in [0.15, 0.2) is 59.9 Å². The number of nitrogens with zero attached hydrogens (tertiary/aromatic N) is 6. The quantitative estimate of drug-likeness (QED) is 0.345. The number of aromatic amines is 1. The lowest BCUT2D eigenvalue weighted by molar-refractivity contribution is -0.133. The largest absolute Gasteiger partial charge is 0.341 e. The summed E-state index contributed by atoms with van der Waals surface area (Å²) in [5, 5.41) is 1.10. The predicted octanol–water partition coefficient (Wildman–Crippen LogP) is 3.86. The first-order valence-electron chi connectivity index (χ1n) is 12.3. The first-order valence-corrected chi connectivity index (χ1v) is 12.7. The molecule has 10 nitrogen and oxygen atoms in total. The highest BCUT2D eigenvalue weighted by molar-refractivity contribution is 6.34. The number of pyridine rings is 1. The number of Topliss-reactive ketones (excluding diaryl/α,β-unsaturated/α-hetero) is 1. The van der Waals surface area contributed by atoms with Crippen molar-refractivity contribution in [2.24, 2.45) is 0 Å². The standard InChI is InChI=1S/C27H24ClN7O3/c1-16(36)24-23-19(18-5-2-3-6-20(18)28)13-34(26(23)31-15-30-24)14-22(37)33-11-8-17(9-12-33)35-21-7-4-10-29-25(21)32-27(35)38/h2-7,10,13,15,17H,8-9,11-12,14H2,1H3,(H,29,32,38). The van der Waals surface area contributed by atoms with Crippen molar-refractivity contribution in [3.63, 3.8) is 0 Å². The van der Waals surface area contributed by atoms with Crippen LogP contribution >= 0.6 is 11.6 Å². The lowest BCUT2D eigenvalue weighted by Gasteiger charge is -2.32. The lowest BCUT2D eigenvalue weighted by Crippen LogP contribution is -2.41. The zero-order valence-electron chi connectivity index (χ0n) is 20.6. The van der Waals surface area contributed by atoms with Gasteiger partial charge in [0.1, 0.15) is 24.2 Å². The molecule has 1 aromatic carbocycles. The van der Waals surface area contributed by atoms with Crippen LogP contribution in [0.3, 0.4) is 0 Å². The summed E-state index contributed by atoms with van der Waals surface area (Å²) in [6.45, 7) is 2.55. The molecule has 0 saturated carbocycles. The molecular formula is C27H24ClN7O3. The van der Waals surface area contributed by atoms with Gasteiger partial charge in [0.05, 0.1) is 10.9 Å². The molecule has 1 aliphatic heterocycles. The van der Waals surface area contributed by atoms with Crippen LogP contribution in [-0.4, -0.2) is 58.7 Å². The number of aromatic nitrogens is 6. The number of halogens is 1. The molecule has 0 radical (unpaired) electrons. The summed E-state index contributed by atoms with van der Waals surface area (Å²) in [6.07, 6.45) is 6.12. The third-order valence-electron chi connectivity index (χ3n) is 7.13. The van der Waals surface area contributed by atoms with Crippen molar-refractivity contribution in [3.05, 3.63) is 76.3 Å². The van der Waals surface area contributed by atoms with E-state index in [-0.39, 0.29) is 35.7 Å². The van der Waals surface area contributed by atoms with Gasteiger partial charge in [-0.3, -0.25) is 19.1 Å². The highest BCUT2D eigenvalue weighted by Gasteiger charge is 2.27. The number of H-pyrrole nitrogens is 1. The zero-order chi connectivity index (χ0) is 26.4. The van der Waals surface area contributed by atoms with Gasteiger partial charge >= 0.3 is 5.69 Å². The van der Waals surface area contributed by atoms with Crippen molar-refractivity contribution >= 4 is 45.5 Å². The fraction of sp³-hybridized carbons (Fsp3) is 0.259. The summed E-state index contributed by atoms with van der Waals surface area (Å²) >= 11 is 6.49. The number of rotatable bonds is 5. The molecule has 11 heteroatoms. The average molecular weight is 530 g/mol. The number of likely N-dealkylation sites (tertiary alicyclic amines) is 1. The van der Waals surface area contributed by atoms with Gasteiger partial charge in [-0.25, -0.2) is 19.7 Å². The van der Waals surface area contributed by atoms with Gasteiger partial charge in [-0.15, -0.1) is 0 Å². The molecule has 0 unspecified atom stereocenters. The number of hydrogen-bond acceptors (Lipinski definition) is 6. The van der Waals surface area contributed by atoms with E-state index < -0.39 is 0 Å². The van der Waals surface area contributed by atoms with Crippen LogP contribution in [0.2, 0.25) is 5.02 Å². The minimum absolute atomic E-state index is 0.0189. The van der Waals surface area contributed by atoms with Gasteiger partial charge in [0.2, 0.25) is 5.91 Å². The molecule has 0 bridgehead atoms. The van der Waals surface area contributed by atoms with Crippen molar-refractivity contribution in [2.45, 2.75) is 32.4 Å². The summed E-state index contributed by atoms with van der Waals surface area (Å²) < 4.78 is 3.51. The number of ketones is 1. The molecule has 192 valence electrons. The van der Waals surface area contributed by atoms with E-state index in [0.29, 0.717) is 53.2 Å². The average Bonchev–Trinajstić information content (AvgIpc) is 3.45. The number of imidazole rings is 1. The molecule has 1 saturated heterocycles. The fourth-order valence-corrected chi connectivity index (χ4v) is 5.57. The first kappa shape index (κ1) is 24.1. The number of fused-ring (bicyclic) bond motifs is 2. The molecule has 38 heavy (non-hydrogen) atoms. The lowest BCUT2D eigenvalue weighted by atomic mass is 10.0. The molecule has 1 fully saturated rings. The monoisotopic (exact) mass is 529 g/mol. The van der Waals surface area contributed by atoms with Gasteiger partial charge in [0, 0.05) is 54.6 Å². The van der Waals surface area contributed by atoms with Crippen LogP contribution in [0.1, 0.15) is 36.3 Å². The van der Waals surface area contributed by atoms with E-state index in [1.165, 1.54) is 13.3 Å². The number of amides is 1. The maximum atomic E-state index is 13.4. The molecule has 1 amide bonds. The van der Waals surface area contributed by atoms with Crippen LogP contribution < -0.4 is 5.69 Å². The first-order chi connectivity index (χ1) is 18.4. The Kier molecular flexibility index (Phi) is 6.03. The highest BCUT2D eigenvalue weighted by atomic mass is 35.5.